The minimum Gasteiger partial charge on any atom is -0.377 e. The van der Waals surface area contributed by atoms with Gasteiger partial charge in [-0.15, -0.1) is 0 Å². The molecule has 0 aromatic carbocycles. The van der Waals surface area contributed by atoms with E-state index in [0.717, 1.165) is 29.4 Å². The van der Waals surface area contributed by atoms with E-state index in [1.54, 1.807) is 0 Å². The van der Waals surface area contributed by atoms with Gasteiger partial charge in [0.15, 0.2) is 0 Å². The fourth-order valence-corrected chi connectivity index (χ4v) is 3.37. The van der Waals surface area contributed by atoms with Gasteiger partial charge >= 0.3 is 0 Å². The average Bonchev–Trinajstić information content (AvgIpc) is 2.47. The number of pyridine rings is 1. The number of methoxy groups -OCH3 is 1. The number of halogens is 1. The van der Waals surface area contributed by atoms with Gasteiger partial charge in [0.25, 0.3) is 0 Å². The Bertz CT molecular complexity index is 388. The molecule has 1 aliphatic carbocycles. The first-order valence-corrected chi connectivity index (χ1v) is 7.82. The maximum atomic E-state index is 5.93. The molecule has 1 saturated carbocycles. The normalized spacial score (nSPS) is 20.2. The van der Waals surface area contributed by atoms with Gasteiger partial charge in [-0.05, 0) is 48.0 Å². The number of aromatic nitrogens is 1. The van der Waals surface area contributed by atoms with Crippen LogP contribution in [-0.2, 0) is 11.2 Å². The topological polar surface area (TPSA) is 34.2 Å². The monoisotopic (exact) mass is 326 g/mol. The minimum absolute atomic E-state index is 0.0260. The Morgan fingerprint density at radius 1 is 1.37 bits per heavy atom. The van der Waals surface area contributed by atoms with Gasteiger partial charge in [-0.2, -0.15) is 0 Å². The van der Waals surface area contributed by atoms with Crippen molar-refractivity contribution in [3.8, 4) is 0 Å². The molecule has 1 aromatic rings. The fraction of sp³-hybridized carbons (Fsp3) is 0.667. The van der Waals surface area contributed by atoms with Crippen molar-refractivity contribution in [3.05, 3.63) is 28.5 Å². The van der Waals surface area contributed by atoms with Crippen LogP contribution in [0.15, 0.2) is 22.8 Å². The highest BCUT2D eigenvalue weighted by atomic mass is 79.9. The molecule has 1 fully saturated rings. The fourth-order valence-electron chi connectivity index (χ4n) is 3.13. The maximum Gasteiger partial charge on any atom is 0.0834 e. The van der Waals surface area contributed by atoms with Gasteiger partial charge in [0.05, 0.1) is 5.60 Å². The second-order valence-electron chi connectivity index (χ2n) is 5.34. The lowest BCUT2D eigenvalue weighted by molar-refractivity contribution is -0.0658. The summed E-state index contributed by atoms with van der Waals surface area (Å²) in [6.07, 6.45) is 8.93. The molecule has 106 valence electrons. The van der Waals surface area contributed by atoms with Gasteiger partial charge < -0.3 is 10.1 Å². The number of nitrogens with one attached hydrogen (secondary N) is 1. The van der Waals surface area contributed by atoms with E-state index in [9.17, 15) is 0 Å². The van der Waals surface area contributed by atoms with Crippen LogP contribution in [0.5, 0.6) is 0 Å². The third kappa shape index (κ3) is 3.56. The minimum atomic E-state index is -0.0260. The van der Waals surface area contributed by atoms with Crippen molar-refractivity contribution in [1.29, 1.82) is 0 Å². The Balaban J connectivity index is 2.11. The third-order valence-corrected chi connectivity index (χ3v) is 4.76. The molecule has 0 bridgehead atoms. The summed E-state index contributed by atoms with van der Waals surface area (Å²) in [6, 6.07) is 4.46. The van der Waals surface area contributed by atoms with Crippen molar-refractivity contribution in [1.82, 2.24) is 10.3 Å². The van der Waals surface area contributed by atoms with E-state index >= 15 is 0 Å². The highest BCUT2D eigenvalue weighted by Gasteiger charge is 2.39. The van der Waals surface area contributed by atoms with Crippen LogP contribution in [0.3, 0.4) is 0 Å². The van der Waals surface area contributed by atoms with Gasteiger partial charge in [0, 0.05) is 35.9 Å². The van der Waals surface area contributed by atoms with E-state index in [1.807, 2.05) is 20.4 Å². The summed E-state index contributed by atoms with van der Waals surface area (Å²) in [6.45, 7) is 0. The predicted molar refractivity (Wildman–Crippen MR) is 81.3 cm³/mol. The van der Waals surface area contributed by atoms with E-state index < -0.39 is 0 Å². The number of rotatable bonds is 5. The third-order valence-electron chi connectivity index (χ3n) is 4.29. The van der Waals surface area contributed by atoms with Crippen LogP contribution in [0.4, 0.5) is 0 Å². The molecule has 1 heterocycles. The second-order valence-corrected chi connectivity index (χ2v) is 6.26. The van der Waals surface area contributed by atoms with E-state index in [1.165, 1.54) is 19.3 Å². The first-order chi connectivity index (χ1) is 9.20. The SMILES string of the molecule is CNC(Cc1ccc(Br)cn1)C1(OC)CCCCC1. The van der Waals surface area contributed by atoms with Crippen LogP contribution in [-0.4, -0.2) is 30.8 Å². The van der Waals surface area contributed by atoms with Crippen LogP contribution < -0.4 is 5.32 Å². The maximum absolute atomic E-state index is 5.93. The summed E-state index contributed by atoms with van der Waals surface area (Å²) in [7, 11) is 3.88. The molecule has 0 spiro atoms. The summed E-state index contributed by atoms with van der Waals surface area (Å²) in [5.74, 6) is 0. The molecule has 2 rings (SSSR count). The number of hydrogen-bond acceptors (Lipinski definition) is 3. The molecular formula is C15H23BrN2O. The molecule has 1 unspecified atom stereocenters. The Morgan fingerprint density at radius 2 is 2.11 bits per heavy atom. The zero-order valence-corrected chi connectivity index (χ0v) is 13.4. The van der Waals surface area contributed by atoms with Crippen molar-refractivity contribution in [3.63, 3.8) is 0 Å². The summed E-state index contributed by atoms with van der Waals surface area (Å²) >= 11 is 3.43. The van der Waals surface area contributed by atoms with Crippen LogP contribution in [0, 0.1) is 0 Å². The van der Waals surface area contributed by atoms with Crippen LogP contribution in [0.25, 0.3) is 0 Å². The molecule has 1 atom stereocenters. The largest absolute Gasteiger partial charge is 0.377 e. The lowest BCUT2D eigenvalue weighted by Gasteiger charge is -2.42. The Labute approximate surface area is 124 Å². The van der Waals surface area contributed by atoms with Crippen molar-refractivity contribution in [2.75, 3.05) is 14.2 Å². The van der Waals surface area contributed by atoms with E-state index in [2.05, 4.69) is 38.4 Å². The van der Waals surface area contributed by atoms with Gasteiger partial charge in [-0.3, -0.25) is 4.98 Å². The first kappa shape index (κ1) is 14.9. The average molecular weight is 327 g/mol. The van der Waals surface area contributed by atoms with Crippen molar-refractivity contribution in [2.24, 2.45) is 0 Å². The molecule has 1 aromatic heterocycles. The summed E-state index contributed by atoms with van der Waals surface area (Å²) < 4.78 is 6.95. The van der Waals surface area contributed by atoms with Crippen LogP contribution in [0.1, 0.15) is 37.8 Å². The Kier molecular flexibility index (Phi) is 5.37. The summed E-state index contributed by atoms with van der Waals surface area (Å²) in [5.41, 5.74) is 1.09. The standard InChI is InChI=1S/C15H23BrN2O/c1-17-14(10-13-7-6-12(16)11-18-13)15(19-2)8-4-3-5-9-15/h6-7,11,14,17H,3-5,8-10H2,1-2H3. The number of likely N-dealkylation sites (N-methyl/N-ethyl adjacent to an activating group) is 1. The van der Waals surface area contributed by atoms with Gasteiger partial charge in [-0.1, -0.05) is 19.3 Å². The summed E-state index contributed by atoms with van der Waals surface area (Å²) in [4.78, 5) is 4.48. The van der Waals surface area contributed by atoms with Crippen LogP contribution >= 0.6 is 15.9 Å². The molecule has 0 radical (unpaired) electrons. The molecular weight excluding hydrogens is 304 g/mol. The Morgan fingerprint density at radius 3 is 2.63 bits per heavy atom. The number of hydrogen-bond donors (Lipinski definition) is 1. The zero-order chi connectivity index (χ0) is 13.7. The van der Waals surface area contributed by atoms with E-state index in [0.29, 0.717) is 6.04 Å². The highest BCUT2D eigenvalue weighted by molar-refractivity contribution is 9.10. The molecule has 19 heavy (non-hydrogen) atoms. The van der Waals surface area contributed by atoms with Crippen molar-refractivity contribution >= 4 is 15.9 Å². The smallest absolute Gasteiger partial charge is 0.0834 e. The summed E-state index contributed by atoms with van der Waals surface area (Å²) in [5, 5.41) is 3.45. The van der Waals surface area contributed by atoms with Crippen molar-refractivity contribution < 1.29 is 4.74 Å². The molecule has 0 saturated heterocycles. The molecule has 1 N–H and O–H groups in total. The lowest BCUT2D eigenvalue weighted by atomic mass is 9.77. The quantitative estimate of drug-likeness (QED) is 0.901. The lowest BCUT2D eigenvalue weighted by Crippen LogP contribution is -2.53. The Hall–Kier alpha value is -0.450. The number of ether oxygens (including phenoxy) is 1. The van der Waals surface area contributed by atoms with Crippen molar-refractivity contribution in [2.45, 2.75) is 50.2 Å². The molecule has 3 nitrogen and oxygen atoms in total. The van der Waals surface area contributed by atoms with Gasteiger partial charge in [0.2, 0.25) is 0 Å². The first-order valence-electron chi connectivity index (χ1n) is 7.03. The molecule has 0 amide bonds. The molecule has 1 aliphatic rings. The molecule has 0 aliphatic heterocycles. The number of nitrogens with zero attached hydrogens (tertiary/aromatic N) is 1. The van der Waals surface area contributed by atoms with Crippen LogP contribution in [0.2, 0.25) is 0 Å². The zero-order valence-electron chi connectivity index (χ0n) is 11.8. The van der Waals surface area contributed by atoms with Gasteiger partial charge in [0.1, 0.15) is 0 Å². The van der Waals surface area contributed by atoms with E-state index in [-0.39, 0.29) is 5.60 Å². The highest BCUT2D eigenvalue weighted by Crippen LogP contribution is 2.35. The van der Waals surface area contributed by atoms with E-state index in [4.69, 9.17) is 4.74 Å². The second kappa shape index (κ2) is 6.82. The van der Waals surface area contributed by atoms with Gasteiger partial charge in [-0.25, -0.2) is 0 Å². The molecule has 4 heteroatoms. The predicted octanol–water partition coefficient (Wildman–Crippen LogP) is 3.32.